The van der Waals surface area contributed by atoms with Crippen molar-refractivity contribution in [3.63, 3.8) is 0 Å². The highest BCUT2D eigenvalue weighted by molar-refractivity contribution is 5.87. The number of aromatic nitrogens is 3. The SMILES string of the molecule is C=CC(=O)N1CC[C@@H](n2c(=O)n(-c3cccc(-c4ccccc4)c3)c3cnccc32)C1. The molecular weight excluding hydrogens is 388 g/mol. The lowest BCUT2D eigenvalue weighted by molar-refractivity contribution is -0.125. The summed E-state index contributed by atoms with van der Waals surface area (Å²) in [6, 6.07) is 19.8. The van der Waals surface area contributed by atoms with Crippen molar-refractivity contribution in [2.45, 2.75) is 12.5 Å². The van der Waals surface area contributed by atoms with Crippen LogP contribution in [0.3, 0.4) is 0 Å². The average Bonchev–Trinajstić information content (AvgIpc) is 3.41. The smallest absolute Gasteiger partial charge is 0.334 e. The number of amides is 1. The fraction of sp³-hybridized carbons (Fsp3) is 0.160. The van der Waals surface area contributed by atoms with Gasteiger partial charge in [-0.1, -0.05) is 49.0 Å². The molecule has 6 heteroatoms. The first kappa shape index (κ1) is 19.1. The average molecular weight is 410 g/mol. The maximum Gasteiger partial charge on any atom is 0.334 e. The third kappa shape index (κ3) is 3.26. The Bertz CT molecular complexity index is 1340. The van der Waals surface area contributed by atoms with Crippen molar-refractivity contribution in [2.24, 2.45) is 0 Å². The summed E-state index contributed by atoms with van der Waals surface area (Å²) < 4.78 is 3.52. The highest BCUT2D eigenvalue weighted by Crippen LogP contribution is 2.27. The van der Waals surface area contributed by atoms with Gasteiger partial charge < -0.3 is 4.90 Å². The van der Waals surface area contributed by atoms with Crippen LogP contribution in [-0.4, -0.2) is 38.0 Å². The van der Waals surface area contributed by atoms with E-state index in [4.69, 9.17) is 0 Å². The summed E-state index contributed by atoms with van der Waals surface area (Å²) in [4.78, 5) is 31.7. The molecule has 154 valence electrons. The Balaban J connectivity index is 1.64. The Kier molecular flexibility index (Phi) is 4.75. The van der Waals surface area contributed by atoms with Crippen LogP contribution in [0.25, 0.3) is 27.8 Å². The summed E-state index contributed by atoms with van der Waals surface area (Å²) in [6.45, 7) is 4.69. The van der Waals surface area contributed by atoms with E-state index in [0.29, 0.717) is 13.1 Å². The molecule has 1 aliphatic rings. The number of imidazole rings is 1. The van der Waals surface area contributed by atoms with Crippen LogP contribution >= 0.6 is 0 Å². The number of rotatable bonds is 4. The molecule has 4 aromatic rings. The van der Waals surface area contributed by atoms with Gasteiger partial charge in [-0.15, -0.1) is 0 Å². The molecule has 0 unspecified atom stereocenters. The van der Waals surface area contributed by atoms with Crippen molar-refractivity contribution in [1.82, 2.24) is 19.0 Å². The first-order valence-corrected chi connectivity index (χ1v) is 10.3. The number of carbonyl (C=O) groups is 1. The Morgan fingerprint density at radius 2 is 1.84 bits per heavy atom. The van der Waals surface area contributed by atoms with Crippen LogP contribution in [0.5, 0.6) is 0 Å². The van der Waals surface area contributed by atoms with Gasteiger partial charge >= 0.3 is 5.69 Å². The topological polar surface area (TPSA) is 60.1 Å². The minimum Gasteiger partial charge on any atom is -0.337 e. The zero-order valence-electron chi connectivity index (χ0n) is 17.0. The number of likely N-dealkylation sites (tertiary alicyclic amines) is 1. The normalized spacial score (nSPS) is 16.0. The van der Waals surface area contributed by atoms with Gasteiger partial charge in [0.25, 0.3) is 0 Å². The van der Waals surface area contributed by atoms with Gasteiger partial charge in [0.2, 0.25) is 5.91 Å². The monoisotopic (exact) mass is 410 g/mol. The molecule has 3 heterocycles. The molecular formula is C25H22N4O2. The molecule has 1 fully saturated rings. The van der Waals surface area contributed by atoms with Crippen LogP contribution in [0.2, 0.25) is 0 Å². The molecule has 0 aliphatic carbocycles. The Morgan fingerprint density at radius 1 is 1.03 bits per heavy atom. The molecule has 1 atom stereocenters. The van der Waals surface area contributed by atoms with Crippen LogP contribution in [-0.2, 0) is 4.79 Å². The van der Waals surface area contributed by atoms with Crippen molar-refractivity contribution < 1.29 is 4.79 Å². The first-order valence-electron chi connectivity index (χ1n) is 10.3. The van der Waals surface area contributed by atoms with Crippen molar-refractivity contribution >= 4 is 16.9 Å². The van der Waals surface area contributed by atoms with Gasteiger partial charge in [0.1, 0.15) is 0 Å². The van der Waals surface area contributed by atoms with E-state index in [-0.39, 0.29) is 17.6 Å². The molecule has 0 N–H and O–H groups in total. The Hall–Kier alpha value is -3.93. The number of benzene rings is 2. The van der Waals surface area contributed by atoms with Gasteiger partial charge in [0.15, 0.2) is 0 Å². The summed E-state index contributed by atoms with van der Waals surface area (Å²) in [5, 5.41) is 0. The van der Waals surface area contributed by atoms with Crippen LogP contribution in [0.1, 0.15) is 12.5 Å². The predicted octanol–water partition coefficient (Wildman–Crippen LogP) is 3.81. The number of fused-ring (bicyclic) bond motifs is 1. The van der Waals surface area contributed by atoms with E-state index in [2.05, 4.69) is 23.7 Å². The second kappa shape index (κ2) is 7.72. The molecule has 6 nitrogen and oxygen atoms in total. The van der Waals surface area contributed by atoms with E-state index in [1.54, 1.807) is 21.9 Å². The fourth-order valence-corrected chi connectivity index (χ4v) is 4.41. The minimum atomic E-state index is -0.119. The molecule has 1 aliphatic heterocycles. The number of pyridine rings is 1. The maximum absolute atomic E-state index is 13.6. The van der Waals surface area contributed by atoms with Gasteiger partial charge in [0.05, 0.1) is 29.0 Å². The molecule has 0 radical (unpaired) electrons. The van der Waals surface area contributed by atoms with Crippen LogP contribution in [0, 0.1) is 0 Å². The van der Waals surface area contributed by atoms with E-state index in [0.717, 1.165) is 34.3 Å². The van der Waals surface area contributed by atoms with Crippen molar-refractivity contribution in [2.75, 3.05) is 13.1 Å². The third-order valence-corrected chi connectivity index (χ3v) is 5.90. The lowest BCUT2D eigenvalue weighted by atomic mass is 10.1. The lowest BCUT2D eigenvalue weighted by Crippen LogP contribution is -2.31. The van der Waals surface area contributed by atoms with E-state index in [9.17, 15) is 9.59 Å². The number of hydrogen-bond acceptors (Lipinski definition) is 3. The van der Waals surface area contributed by atoms with E-state index >= 15 is 0 Å². The van der Waals surface area contributed by atoms with Gasteiger partial charge in [0, 0.05) is 19.3 Å². The molecule has 0 spiro atoms. The number of nitrogens with zero attached hydrogens (tertiary/aromatic N) is 4. The minimum absolute atomic E-state index is 0.0835. The molecule has 31 heavy (non-hydrogen) atoms. The summed E-state index contributed by atoms with van der Waals surface area (Å²) in [5.41, 5.74) is 4.38. The zero-order chi connectivity index (χ0) is 21.4. The third-order valence-electron chi connectivity index (χ3n) is 5.90. The molecule has 1 saturated heterocycles. The second-order valence-electron chi connectivity index (χ2n) is 7.70. The quantitative estimate of drug-likeness (QED) is 0.481. The highest BCUT2D eigenvalue weighted by Gasteiger charge is 2.29. The van der Waals surface area contributed by atoms with E-state index in [1.165, 1.54) is 6.08 Å². The van der Waals surface area contributed by atoms with Gasteiger partial charge in [-0.2, -0.15) is 0 Å². The highest BCUT2D eigenvalue weighted by atomic mass is 16.2. The van der Waals surface area contributed by atoms with Crippen LogP contribution in [0.4, 0.5) is 0 Å². The number of carbonyl (C=O) groups excluding carboxylic acids is 1. The first-order chi connectivity index (χ1) is 15.2. The molecule has 0 bridgehead atoms. The fourth-order valence-electron chi connectivity index (χ4n) is 4.41. The predicted molar refractivity (Wildman–Crippen MR) is 121 cm³/mol. The van der Waals surface area contributed by atoms with Gasteiger partial charge in [-0.25, -0.2) is 4.79 Å². The molecule has 2 aromatic carbocycles. The molecule has 0 saturated carbocycles. The lowest BCUT2D eigenvalue weighted by Gasteiger charge is -2.15. The Morgan fingerprint density at radius 3 is 2.65 bits per heavy atom. The Labute approximate surface area is 179 Å². The standard InChI is InChI=1S/C25H22N4O2/c1-2-24(30)27-14-12-21(17-27)29-22-11-13-26-16-23(22)28(25(29)31)20-10-6-9-19(15-20)18-7-4-3-5-8-18/h2-11,13,15-16,21H,1,12,14,17H2/t21-/m1/s1. The summed E-state index contributed by atoms with van der Waals surface area (Å²) in [5.74, 6) is -0.100. The van der Waals surface area contributed by atoms with E-state index in [1.807, 2.05) is 53.1 Å². The van der Waals surface area contributed by atoms with Crippen molar-refractivity contribution in [3.8, 4) is 16.8 Å². The summed E-state index contributed by atoms with van der Waals surface area (Å²) in [7, 11) is 0. The van der Waals surface area contributed by atoms with Gasteiger partial charge in [-0.3, -0.25) is 18.9 Å². The molecule has 5 rings (SSSR count). The number of hydrogen-bond donors (Lipinski definition) is 0. The van der Waals surface area contributed by atoms with Gasteiger partial charge in [-0.05, 0) is 41.8 Å². The summed E-state index contributed by atoms with van der Waals surface area (Å²) >= 11 is 0. The van der Waals surface area contributed by atoms with Crippen molar-refractivity contribution in [1.29, 1.82) is 0 Å². The summed E-state index contributed by atoms with van der Waals surface area (Å²) in [6.07, 6.45) is 5.48. The second-order valence-corrected chi connectivity index (χ2v) is 7.70. The maximum atomic E-state index is 13.6. The largest absolute Gasteiger partial charge is 0.337 e. The van der Waals surface area contributed by atoms with Crippen LogP contribution < -0.4 is 5.69 Å². The van der Waals surface area contributed by atoms with Crippen molar-refractivity contribution in [3.05, 3.63) is 96.2 Å². The molecule has 2 aromatic heterocycles. The van der Waals surface area contributed by atoms with Crippen LogP contribution in [0.15, 0.2) is 90.5 Å². The van der Waals surface area contributed by atoms with E-state index < -0.39 is 0 Å². The zero-order valence-corrected chi connectivity index (χ0v) is 17.0. The molecule has 1 amide bonds.